The third kappa shape index (κ3) is 2.93. The summed E-state index contributed by atoms with van der Waals surface area (Å²) in [7, 11) is 0. The van der Waals surface area contributed by atoms with Gasteiger partial charge in [0.2, 0.25) is 0 Å². The molecule has 1 unspecified atom stereocenters. The van der Waals surface area contributed by atoms with Crippen molar-refractivity contribution in [2.45, 2.75) is 31.5 Å². The van der Waals surface area contributed by atoms with E-state index in [4.69, 9.17) is 11.6 Å². The van der Waals surface area contributed by atoms with Gasteiger partial charge in [0.15, 0.2) is 0 Å². The van der Waals surface area contributed by atoms with Crippen molar-refractivity contribution in [1.29, 1.82) is 0 Å². The van der Waals surface area contributed by atoms with Crippen molar-refractivity contribution >= 4 is 11.6 Å². The third-order valence-electron chi connectivity index (χ3n) is 3.01. The molecule has 5 heteroatoms. The molecule has 0 amide bonds. The van der Waals surface area contributed by atoms with Crippen LogP contribution < -0.4 is 5.32 Å². The summed E-state index contributed by atoms with van der Waals surface area (Å²) in [4.78, 5) is 0. The molecule has 0 saturated carbocycles. The number of nitrogens with one attached hydrogen (secondary N) is 1. The van der Waals surface area contributed by atoms with Gasteiger partial charge < -0.3 is 5.32 Å². The minimum absolute atomic E-state index is 0.128. The van der Waals surface area contributed by atoms with Crippen molar-refractivity contribution < 1.29 is 13.2 Å². The lowest BCUT2D eigenvalue weighted by molar-refractivity contribution is -0.137. The molecule has 1 aliphatic heterocycles. The van der Waals surface area contributed by atoms with Crippen LogP contribution in [0.1, 0.15) is 36.4 Å². The van der Waals surface area contributed by atoms with Gasteiger partial charge in [-0.1, -0.05) is 24.1 Å². The zero-order valence-corrected chi connectivity index (χ0v) is 9.91. The third-order valence-corrected chi connectivity index (χ3v) is 3.32. The van der Waals surface area contributed by atoms with Gasteiger partial charge in [0.25, 0.3) is 0 Å². The first-order valence-corrected chi connectivity index (χ1v) is 5.96. The van der Waals surface area contributed by atoms with Crippen LogP contribution in [0.25, 0.3) is 0 Å². The van der Waals surface area contributed by atoms with Gasteiger partial charge in [-0.3, -0.25) is 0 Å². The summed E-state index contributed by atoms with van der Waals surface area (Å²) in [5.41, 5.74) is 0.0708. The molecule has 1 nitrogen and oxygen atoms in total. The van der Waals surface area contributed by atoms with Gasteiger partial charge in [0, 0.05) is 6.04 Å². The minimum atomic E-state index is -4.38. The fourth-order valence-corrected chi connectivity index (χ4v) is 2.41. The maximum atomic E-state index is 12.5. The summed E-state index contributed by atoms with van der Waals surface area (Å²) >= 11 is 5.69. The molecule has 1 aromatic rings. The lowest BCUT2D eigenvalue weighted by Gasteiger charge is -2.24. The zero-order chi connectivity index (χ0) is 12.5. The second-order valence-corrected chi connectivity index (χ2v) is 4.65. The zero-order valence-electron chi connectivity index (χ0n) is 9.15. The number of alkyl halides is 3. The Kier molecular flexibility index (Phi) is 3.64. The Balaban J connectivity index is 2.24. The summed E-state index contributed by atoms with van der Waals surface area (Å²) < 4.78 is 37.6. The van der Waals surface area contributed by atoms with Crippen molar-refractivity contribution in [2.75, 3.05) is 6.54 Å². The van der Waals surface area contributed by atoms with Crippen LogP contribution in [0.4, 0.5) is 13.2 Å². The predicted octanol–water partition coefficient (Wildman–Crippen LogP) is 4.17. The number of halogens is 4. The van der Waals surface area contributed by atoms with Crippen molar-refractivity contribution in [3.8, 4) is 0 Å². The Morgan fingerprint density at radius 1 is 1.24 bits per heavy atom. The molecule has 1 saturated heterocycles. The van der Waals surface area contributed by atoms with E-state index in [1.165, 1.54) is 12.1 Å². The molecular formula is C12H13ClF3N. The number of rotatable bonds is 1. The largest absolute Gasteiger partial charge is 0.417 e. The standard InChI is InChI=1S/C12H13ClF3N/c13-10-7-8(11-3-1-2-6-17-11)4-5-9(10)12(14,15)16/h4-5,7,11,17H,1-3,6H2. The SMILES string of the molecule is FC(F)(F)c1ccc(C2CCCCN2)cc1Cl. The highest BCUT2D eigenvalue weighted by Gasteiger charge is 2.33. The van der Waals surface area contributed by atoms with Crippen molar-refractivity contribution in [3.05, 3.63) is 34.3 Å². The summed E-state index contributed by atoms with van der Waals surface area (Å²) in [5.74, 6) is 0. The molecule has 1 aliphatic rings. The number of piperidine rings is 1. The maximum absolute atomic E-state index is 12.5. The van der Waals surface area contributed by atoms with Crippen LogP contribution in [-0.4, -0.2) is 6.54 Å². The molecule has 0 aromatic heterocycles. The topological polar surface area (TPSA) is 12.0 Å². The average Bonchev–Trinajstić information content (AvgIpc) is 2.28. The smallest absolute Gasteiger partial charge is 0.310 e. The number of benzene rings is 1. The van der Waals surface area contributed by atoms with E-state index in [9.17, 15) is 13.2 Å². The Bertz CT molecular complexity index is 397. The Labute approximate surface area is 103 Å². The van der Waals surface area contributed by atoms with Gasteiger partial charge >= 0.3 is 6.18 Å². The maximum Gasteiger partial charge on any atom is 0.417 e. The van der Waals surface area contributed by atoms with Crippen molar-refractivity contribution in [1.82, 2.24) is 5.32 Å². The summed E-state index contributed by atoms with van der Waals surface area (Å²) in [6.07, 6.45) is -1.22. The first kappa shape index (κ1) is 12.7. The Hall–Kier alpha value is -0.740. The van der Waals surface area contributed by atoms with Gasteiger partial charge in [-0.05, 0) is 37.1 Å². The van der Waals surface area contributed by atoms with Crippen molar-refractivity contribution in [2.24, 2.45) is 0 Å². The normalized spacial score (nSPS) is 21.5. The first-order chi connectivity index (χ1) is 7.98. The fourth-order valence-electron chi connectivity index (χ4n) is 2.11. The molecule has 0 bridgehead atoms. The van der Waals surface area contributed by atoms with Gasteiger partial charge in [-0.25, -0.2) is 0 Å². The molecular weight excluding hydrogens is 251 g/mol. The molecule has 0 radical (unpaired) electrons. The molecule has 1 N–H and O–H groups in total. The van der Waals surface area contributed by atoms with E-state index >= 15 is 0 Å². The quantitative estimate of drug-likeness (QED) is 0.802. The second-order valence-electron chi connectivity index (χ2n) is 4.24. The summed E-state index contributed by atoms with van der Waals surface area (Å²) in [6.45, 7) is 0.906. The van der Waals surface area contributed by atoms with Crippen LogP contribution in [0.2, 0.25) is 5.02 Å². The van der Waals surface area contributed by atoms with Crippen LogP contribution in [0.5, 0.6) is 0 Å². The fraction of sp³-hybridized carbons (Fsp3) is 0.500. The van der Waals surface area contributed by atoms with Gasteiger partial charge in [-0.2, -0.15) is 13.2 Å². The van der Waals surface area contributed by atoms with E-state index in [0.29, 0.717) is 0 Å². The molecule has 1 atom stereocenters. The van der Waals surface area contributed by atoms with Gasteiger partial charge in [0.1, 0.15) is 0 Å². The van der Waals surface area contributed by atoms with Crippen molar-refractivity contribution in [3.63, 3.8) is 0 Å². The van der Waals surface area contributed by atoms with Crippen LogP contribution in [0, 0.1) is 0 Å². The average molecular weight is 264 g/mol. The van der Waals surface area contributed by atoms with E-state index in [1.54, 1.807) is 0 Å². The monoisotopic (exact) mass is 263 g/mol. The van der Waals surface area contributed by atoms with E-state index in [-0.39, 0.29) is 11.1 Å². The highest BCUT2D eigenvalue weighted by molar-refractivity contribution is 6.31. The Morgan fingerprint density at radius 2 is 2.00 bits per heavy atom. The van der Waals surface area contributed by atoms with E-state index in [0.717, 1.165) is 37.4 Å². The minimum Gasteiger partial charge on any atom is -0.310 e. The molecule has 1 aromatic carbocycles. The summed E-state index contributed by atoms with van der Waals surface area (Å²) in [5, 5.41) is 3.06. The highest BCUT2D eigenvalue weighted by Crippen LogP contribution is 2.36. The first-order valence-electron chi connectivity index (χ1n) is 5.58. The molecule has 94 valence electrons. The lowest BCUT2D eigenvalue weighted by Crippen LogP contribution is -2.26. The van der Waals surface area contributed by atoms with Crippen LogP contribution in [0.3, 0.4) is 0 Å². The molecule has 1 fully saturated rings. The van der Waals surface area contributed by atoms with Crippen LogP contribution in [-0.2, 0) is 6.18 Å². The lowest BCUT2D eigenvalue weighted by atomic mass is 9.96. The predicted molar refractivity (Wildman–Crippen MR) is 61.0 cm³/mol. The molecule has 2 rings (SSSR count). The van der Waals surface area contributed by atoms with E-state index in [1.807, 2.05) is 0 Å². The number of hydrogen-bond donors (Lipinski definition) is 1. The van der Waals surface area contributed by atoms with E-state index in [2.05, 4.69) is 5.32 Å². The van der Waals surface area contributed by atoms with Crippen LogP contribution >= 0.6 is 11.6 Å². The summed E-state index contributed by atoms with van der Waals surface area (Å²) in [6, 6.07) is 4.13. The van der Waals surface area contributed by atoms with E-state index < -0.39 is 11.7 Å². The second kappa shape index (κ2) is 4.86. The highest BCUT2D eigenvalue weighted by atomic mass is 35.5. The van der Waals surface area contributed by atoms with Gasteiger partial charge in [0.05, 0.1) is 10.6 Å². The molecule has 0 aliphatic carbocycles. The van der Waals surface area contributed by atoms with Gasteiger partial charge in [-0.15, -0.1) is 0 Å². The molecule has 17 heavy (non-hydrogen) atoms. The van der Waals surface area contributed by atoms with Crippen LogP contribution in [0.15, 0.2) is 18.2 Å². The molecule has 1 heterocycles. The number of hydrogen-bond acceptors (Lipinski definition) is 1. The molecule has 0 spiro atoms. The Morgan fingerprint density at radius 3 is 2.53 bits per heavy atom.